The van der Waals surface area contributed by atoms with Crippen LogP contribution in [0.2, 0.25) is 0 Å². The van der Waals surface area contributed by atoms with Gasteiger partial charge in [-0.05, 0) is 43.4 Å². The highest BCUT2D eigenvalue weighted by molar-refractivity contribution is 7.47. The maximum absolute atomic E-state index is 13.1. The van der Waals surface area contributed by atoms with E-state index in [0.29, 0.717) is 25.7 Å². The van der Waals surface area contributed by atoms with E-state index in [1.807, 2.05) is 0 Å². The summed E-state index contributed by atoms with van der Waals surface area (Å²) in [5, 5.41) is 10.6. The van der Waals surface area contributed by atoms with Gasteiger partial charge in [0.05, 0.1) is 26.4 Å². The van der Waals surface area contributed by atoms with E-state index in [4.69, 9.17) is 37.0 Å². The Bertz CT molecular complexity index is 1820. The zero-order valence-corrected chi connectivity index (χ0v) is 62.5. The fraction of sp³-hybridized carbons (Fsp3) is 0.946. The van der Waals surface area contributed by atoms with Crippen molar-refractivity contribution in [3.63, 3.8) is 0 Å². The van der Waals surface area contributed by atoms with Gasteiger partial charge in [0, 0.05) is 25.7 Å². The summed E-state index contributed by atoms with van der Waals surface area (Å²) in [4.78, 5) is 72.7. The number of unbranched alkanes of at least 4 members (excludes halogenated alkanes) is 39. The molecule has 17 nitrogen and oxygen atoms in total. The topological polar surface area (TPSA) is 237 Å². The number of phosphoric acid groups is 2. The fourth-order valence-electron chi connectivity index (χ4n) is 11.2. The lowest BCUT2D eigenvalue weighted by Gasteiger charge is -2.21. The second kappa shape index (κ2) is 64.7. The highest BCUT2D eigenvalue weighted by Gasteiger charge is 2.30. The van der Waals surface area contributed by atoms with Crippen LogP contribution in [0.5, 0.6) is 0 Å². The van der Waals surface area contributed by atoms with Crippen LogP contribution in [0.3, 0.4) is 0 Å². The van der Waals surface area contributed by atoms with Gasteiger partial charge in [-0.2, -0.15) is 0 Å². The molecule has 0 aliphatic heterocycles. The number of ether oxygens (including phenoxy) is 4. The first-order valence-corrected chi connectivity index (χ1v) is 41.4. The Morgan fingerprint density at radius 3 is 0.817 bits per heavy atom. The lowest BCUT2D eigenvalue weighted by Crippen LogP contribution is -2.30. The van der Waals surface area contributed by atoms with Gasteiger partial charge in [0.2, 0.25) is 0 Å². The van der Waals surface area contributed by atoms with E-state index in [9.17, 15) is 43.2 Å². The van der Waals surface area contributed by atoms with Crippen LogP contribution in [0, 0.1) is 17.8 Å². The SMILES string of the molecule is CCCCCCCCCCCCCCCCCCC(=O)OC[C@H](COP(=O)(O)OC[C@@H](O)COP(=O)(O)OC[C@@H](COC(=O)CCCCCCCCC(C)CC)OC(=O)CCCCCCCCCCC(C)C)OC(=O)CCCCCCCCCCCCCCCC(C)C. The lowest BCUT2D eigenvalue weighted by atomic mass is 10.00. The van der Waals surface area contributed by atoms with Gasteiger partial charge in [-0.15, -0.1) is 0 Å². The van der Waals surface area contributed by atoms with E-state index in [-0.39, 0.29) is 25.7 Å². The van der Waals surface area contributed by atoms with E-state index in [2.05, 4.69) is 48.5 Å². The van der Waals surface area contributed by atoms with Crippen LogP contribution >= 0.6 is 15.6 Å². The molecule has 0 amide bonds. The van der Waals surface area contributed by atoms with Gasteiger partial charge in [0.1, 0.15) is 19.3 Å². The molecular formula is C74H144O17P2. The number of rotatable bonds is 72. The molecule has 0 radical (unpaired) electrons. The fourth-order valence-corrected chi connectivity index (χ4v) is 12.8. The van der Waals surface area contributed by atoms with E-state index in [1.54, 1.807) is 0 Å². The van der Waals surface area contributed by atoms with Crippen LogP contribution < -0.4 is 0 Å². The Morgan fingerprint density at radius 1 is 0.312 bits per heavy atom. The number of phosphoric ester groups is 2. The second-order valence-corrected chi connectivity index (χ2v) is 30.8. The lowest BCUT2D eigenvalue weighted by molar-refractivity contribution is -0.161. The third-order valence-corrected chi connectivity index (χ3v) is 19.4. The normalized spacial score (nSPS) is 14.4. The summed E-state index contributed by atoms with van der Waals surface area (Å²) in [6.07, 6.45) is 50.0. The number of esters is 4. The first-order chi connectivity index (χ1) is 44.8. The predicted octanol–water partition coefficient (Wildman–Crippen LogP) is 21.4. The van der Waals surface area contributed by atoms with Gasteiger partial charge in [0.15, 0.2) is 12.2 Å². The van der Waals surface area contributed by atoms with Crippen molar-refractivity contribution >= 4 is 39.5 Å². The second-order valence-electron chi connectivity index (χ2n) is 27.9. The molecule has 0 saturated carbocycles. The Hall–Kier alpha value is -1.94. The van der Waals surface area contributed by atoms with Gasteiger partial charge < -0.3 is 33.8 Å². The summed E-state index contributed by atoms with van der Waals surface area (Å²) < 4.78 is 68.4. The van der Waals surface area contributed by atoms with Crippen molar-refractivity contribution in [2.24, 2.45) is 17.8 Å². The molecule has 19 heteroatoms. The van der Waals surface area contributed by atoms with Crippen molar-refractivity contribution in [2.45, 2.75) is 394 Å². The van der Waals surface area contributed by atoms with Gasteiger partial charge >= 0.3 is 39.5 Å². The maximum atomic E-state index is 13.1. The molecule has 0 heterocycles. The average Bonchev–Trinajstić information content (AvgIpc) is 3.39. The van der Waals surface area contributed by atoms with Crippen LogP contribution in [-0.4, -0.2) is 96.7 Å². The molecule has 0 aromatic carbocycles. The Morgan fingerprint density at radius 2 is 0.548 bits per heavy atom. The standard InChI is InChI=1S/C74H144O17P2/c1-8-10-11-12-13-14-15-16-17-18-21-24-27-33-41-48-55-71(76)84-61-69(90-73(78)57-50-43-34-28-25-22-19-20-23-26-31-38-45-52-65(3)4)63-88-92(80,81)86-59-68(75)60-87-93(82,83)89-64-70(62-85-72(77)56-49-42-37-36-40-47-54-67(7)9-2)91-74(79)58-51-44-35-30-29-32-39-46-53-66(5)6/h65-70,75H,8-64H2,1-7H3,(H,80,81)(H,82,83)/t67?,68-,69-,70-/m1/s1. The van der Waals surface area contributed by atoms with Crippen LogP contribution in [0.4, 0.5) is 0 Å². The number of hydrogen-bond donors (Lipinski definition) is 3. The highest BCUT2D eigenvalue weighted by atomic mass is 31.2. The van der Waals surface area contributed by atoms with Crippen LogP contribution in [0.1, 0.15) is 376 Å². The number of hydrogen-bond acceptors (Lipinski definition) is 15. The molecule has 552 valence electrons. The minimum absolute atomic E-state index is 0.103. The molecule has 93 heavy (non-hydrogen) atoms. The molecule has 3 unspecified atom stereocenters. The third kappa shape index (κ3) is 67.0. The summed E-state index contributed by atoms with van der Waals surface area (Å²) >= 11 is 0. The Kier molecular flexibility index (Phi) is 63.4. The molecular weight excluding hydrogens is 1220 g/mol. The van der Waals surface area contributed by atoms with Crippen LogP contribution in [0.15, 0.2) is 0 Å². The smallest absolute Gasteiger partial charge is 0.462 e. The molecule has 0 aromatic heterocycles. The number of carbonyl (C=O) groups is 4. The van der Waals surface area contributed by atoms with Crippen molar-refractivity contribution in [1.29, 1.82) is 0 Å². The number of aliphatic hydroxyl groups is 1. The molecule has 0 aromatic rings. The largest absolute Gasteiger partial charge is 0.472 e. The molecule has 0 aliphatic rings. The summed E-state index contributed by atoms with van der Waals surface area (Å²) in [7, 11) is -9.91. The zero-order valence-electron chi connectivity index (χ0n) is 60.7. The molecule has 0 rings (SSSR count). The van der Waals surface area contributed by atoms with E-state index < -0.39 is 97.5 Å². The quantitative estimate of drug-likeness (QED) is 0.0222. The summed E-state index contributed by atoms with van der Waals surface area (Å²) in [5.41, 5.74) is 0. The molecule has 0 bridgehead atoms. The monoisotopic (exact) mass is 1370 g/mol. The highest BCUT2D eigenvalue weighted by Crippen LogP contribution is 2.45. The summed E-state index contributed by atoms with van der Waals surface area (Å²) in [5.74, 6) is 0.113. The van der Waals surface area contributed by atoms with Crippen molar-refractivity contribution < 1.29 is 80.2 Å². The van der Waals surface area contributed by atoms with Gasteiger partial charge in [-0.1, -0.05) is 325 Å². The molecule has 0 fully saturated rings. The number of carbonyl (C=O) groups excluding carboxylic acids is 4. The van der Waals surface area contributed by atoms with Gasteiger partial charge in [-0.3, -0.25) is 37.3 Å². The van der Waals surface area contributed by atoms with E-state index >= 15 is 0 Å². The van der Waals surface area contributed by atoms with Crippen LogP contribution in [-0.2, 0) is 65.4 Å². The third-order valence-electron chi connectivity index (χ3n) is 17.5. The van der Waals surface area contributed by atoms with Crippen LogP contribution in [0.25, 0.3) is 0 Å². The molecule has 3 N–H and O–H groups in total. The molecule has 6 atom stereocenters. The molecule has 0 spiro atoms. The first-order valence-electron chi connectivity index (χ1n) is 38.4. The predicted molar refractivity (Wildman–Crippen MR) is 377 cm³/mol. The average molecular weight is 1370 g/mol. The van der Waals surface area contributed by atoms with Crippen molar-refractivity contribution in [2.75, 3.05) is 39.6 Å². The van der Waals surface area contributed by atoms with Gasteiger partial charge in [0.25, 0.3) is 0 Å². The summed E-state index contributed by atoms with van der Waals surface area (Å²) in [6, 6.07) is 0. The minimum Gasteiger partial charge on any atom is -0.462 e. The molecule has 0 saturated heterocycles. The van der Waals surface area contributed by atoms with Crippen molar-refractivity contribution in [3.8, 4) is 0 Å². The summed E-state index contributed by atoms with van der Waals surface area (Å²) in [6.45, 7) is 11.8. The zero-order chi connectivity index (χ0) is 68.7. The maximum Gasteiger partial charge on any atom is 0.472 e. The Balaban J connectivity index is 5.25. The minimum atomic E-state index is -4.96. The van der Waals surface area contributed by atoms with Gasteiger partial charge in [-0.25, -0.2) is 9.13 Å². The number of aliphatic hydroxyl groups excluding tert-OH is 1. The van der Waals surface area contributed by atoms with Crippen molar-refractivity contribution in [3.05, 3.63) is 0 Å². The molecule has 0 aliphatic carbocycles. The Labute approximate surface area is 568 Å². The van der Waals surface area contributed by atoms with E-state index in [1.165, 1.54) is 180 Å². The first kappa shape index (κ1) is 91.1. The van der Waals surface area contributed by atoms with Crippen molar-refractivity contribution in [1.82, 2.24) is 0 Å². The van der Waals surface area contributed by atoms with E-state index in [0.717, 1.165) is 114 Å².